The summed E-state index contributed by atoms with van der Waals surface area (Å²) < 4.78 is 0. The Balaban J connectivity index is 2.45. The van der Waals surface area contributed by atoms with Gasteiger partial charge in [0, 0.05) is 12.1 Å². The molecule has 1 aliphatic carbocycles. The van der Waals surface area contributed by atoms with E-state index >= 15 is 0 Å². The van der Waals surface area contributed by atoms with E-state index in [4.69, 9.17) is 0 Å². The van der Waals surface area contributed by atoms with Crippen LogP contribution in [0.3, 0.4) is 0 Å². The lowest BCUT2D eigenvalue weighted by atomic mass is 10.2. The van der Waals surface area contributed by atoms with Gasteiger partial charge in [-0.25, -0.2) is 0 Å². The predicted octanol–water partition coefficient (Wildman–Crippen LogP) is 4.10. The van der Waals surface area contributed by atoms with Crippen LogP contribution in [-0.2, 0) is 0 Å². The fourth-order valence-corrected chi connectivity index (χ4v) is 1.87. The Hall–Kier alpha value is -1.12. The topological polar surface area (TPSA) is 28.0 Å². The van der Waals surface area contributed by atoms with Crippen molar-refractivity contribution in [2.75, 3.05) is 0 Å². The standard InChI is InChI=1S/C13H23N3/c1-11(2)16(12(3)4)15-14-10-9-13-7-5-6-8-13/h7,9-12H,5-6,8H2,1-4H3/b10-9+,15-14?. The maximum atomic E-state index is 4.23. The number of hydrogen-bond donors (Lipinski definition) is 0. The van der Waals surface area contributed by atoms with E-state index in [0.29, 0.717) is 12.1 Å². The highest BCUT2D eigenvalue weighted by Crippen LogP contribution is 2.18. The molecule has 1 aliphatic rings. The third-order valence-corrected chi connectivity index (χ3v) is 2.64. The van der Waals surface area contributed by atoms with Crippen molar-refractivity contribution in [3.63, 3.8) is 0 Å². The Morgan fingerprint density at radius 2 is 1.94 bits per heavy atom. The van der Waals surface area contributed by atoms with Crippen LogP contribution in [0.2, 0.25) is 0 Å². The van der Waals surface area contributed by atoms with Gasteiger partial charge in [-0.15, -0.1) is 5.11 Å². The van der Waals surface area contributed by atoms with Gasteiger partial charge in [-0.1, -0.05) is 16.9 Å². The minimum atomic E-state index is 0.392. The molecule has 0 heterocycles. The van der Waals surface area contributed by atoms with E-state index in [2.05, 4.69) is 50.2 Å². The van der Waals surface area contributed by atoms with Crippen molar-refractivity contribution in [3.05, 3.63) is 23.9 Å². The zero-order valence-corrected chi connectivity index (χ0v) is 10.8. The number of allylic oxidation sites excluding steroid dienone is 3. The SMILES string of the molecule is CC(C)N(N=N/C=C/C1=CCCC1)C(C)C. The average molecular weight is 221 g/mol. The molecule has 0 aromatic carbocycles. The van der Waals surface area contributed by atoms with Crippen LogP contribution in [0.5, 0.6) is 0 Å². The van der Waals surface area contributed by atoms with Gasteiger partial charge in [0.15, 0.2) is 0 Å². The molecule has 90 valence electrons. The van der Waals surface area contributed by atoms with Gasteiger partial charge < -0.3 is 0 Å². The maximum Gasteiger partial charge on any atom is 0.0515 e. The minimum Gasteiger partial charge on any atom is -0.274 e. The predicted molar refractivity (Wildman–Crippen MR) is 68.0 cm³/mol. The summed E-state index contributed by atoms with van der Waals surface area (Å²) >= 11 is 0. The van der Waals surface area contributed by atoms with Crippen molar-refractivity contribution >= 4 is 0 Å². The van der Waals surface area contributed by atoms with E-state index in [1.165, 1.54) is 24.8 Å². The van der Waals surface area contributed by atoms with Gasteiger partial charge in [0.1, 0.15) is 0 Å². The summed E-state index contributed by atoms with van der Waals surface area (Å²) in [5, 5.41) is 10.3. The lowest BCUT2D eigenvalue weighted by molar-refractivity contribution is 0.169. The molecule has 0 bridgehead atoms. The quantitative estimate of drug-likeness (QED) is 0.507. The summed E-state index contributed by atoms with van der Waals surface area (Å²) in [7, 11) is 0. The minimum absolute atomic E-state index is 0.392. The van der Waals surface area contributed by atoms with Crippen LogP contribution in [0.25, 0.3) is 0 Å². The van der Waals surface area contributed by atoms with Crippen LogP contribution in [0.15, 0.2) is 34.3 Å². The smallest absolute Gasteiger partial charge is 0.0515 e. The van der Waals surface area contributed by atoms with E-state index < -0.39 is 0 Å². The molecule has 0 amide bonds. The average Bonchev–Trinajstić information content (AvgIpc) is 2.68. The van der Waals surface area contributed by atoms with Crippen LogP contribution in [0, 0.1) is 0 Å². The first-order valence-electron chi connectivity index (χ1n) is 6.16. The van der Waals surface area contributed by atoms with E-state index in [0.717, 1.165) is 0 Å². The summed E-state index contributed by atoms with van der Waals surface area (Å²) in [5.74, 6) is 0. The van der Waals surface area contributed by atoms with Gasteiger partial charge in [-0.3, -0.25) is 5.01 Å². The molecule has 0 saturated heterocycles. The monoisotopic (exact) mass is 221 g/mol. The molecule has 0 aromatic heterocycles. The molecule has 16 heavy (non-hydrogen) atoms. The second-order valence-electron chi connectivity index (χ2n) is 4.76. The van der Waals surface area contributed by atoms with Crippen molar-refractivity contribution in [2.24, 2.45) is 10.3 Å². The van der Waals surface area contributed by atoms with Crippen LogP contribution in [0.1, 0.15) is 47.0 Å². The van der Waals surface area contributed by atoms with Gasteiger partial charge >= 0.3 is 0 Å². The molecule has 0 radical (unpaired) electrons. The molecule has 0 N–H and O–H groups in total. The first-order chi connectivity index (χ1) is 7.61. The second kappa shape index (κ2) is 6.46. The summed E-state index contributed by atoms with van der Waals surface area (Å²) in [6, 6.07) is 0.783. The molecule has 0 saturated carbocycles. The van der Waals surface area contributed by atoms with Gasteiger partial charge in [-0.05, 0) is 53.0 Å². The Kier molecular flexibility index (Phi) is 5.23. The highest BCUT2D eigenvalue weighted by atomic mass is 15.6. The Morgan fingerprint density at radius 1 is 1.25 bits per heavy atom. The summed E-state index contributed by atoms with van der Waals surface area (Å²) in [6.45, 7) is 8.51. The van der Waals surface area contributed by atoms with E-state index in [-0.39, 0.29) is 0 Å². The lowest BCUT2D eigenvalue weighted by Gasteiger charge is -2.25. The van der Waals surface area contributed by atoms with Crippen molar-refractivity contribution in [3.8, 4) is 0 Å². The highest BCUT2D eigenvalue weighted by molar-refractivity contribution is 5.21. The zero-order chi connectivity index (χ0) is 12.0. The molecular weight excluding hydrogens is 198 g/mol. The highest BCUT2D eigenvalue weighted by Gasteiger charge is 2.09. The second-order valence-corrected chi connectivity index (χ2v) is 4.76. The van der Waals surface area contributed by atoms with Crippen LogP contribution in [-0.4, -0.2) is 17.1 Å². The van der Waals surface area contributed by atoms with E-state index in [1.807, 2.05) is 5.01 Å². The summed E-state index contributed by atoms with van der Waals surface area (Å²) in [4.78, 5) is 0. The van der Waals surface area contributed by atoms with Crippen molar-refractivity contribution in [1.82, 2.24) is 5.01 Å². The largest absolute Gasteiger partial charge is 0.274 e. The first kappa shape index (κ1) is 12.9. The van der Waals surface area contributed by atoms with Gasteiger partial charge in [0.2, 0.25) is 0 Å². The molecule has 1 rings (SSSR count). The van der Waals surface area contributed by atoms with E-state index in [1.54, 1.807) is 6.20 Å². The molecule has 0 atom stereocenters. The maximum absolute atomic E-state index is 4.23. The van der Waals surface area contributed by atoms with Crippen LogP contribution < -0.4 is 0 Å². The molecule has 0 aromatic rings. The van der Waals surface area contributed by atoms with Crippen molar-refractivity contribution in [1.29, 1.82) is 0 Å². The Bertz CT molecular complexity index is 280. The van der Waals surface area contributed by atoms with Gasteiger partial charge in [0.25, 0.3) is 0 Å². The number of rotatable bonds is 5. The third-order valence-electron chi connectivity index (χ3n) is 2.64. The van der Waals surface area contributed by atoms with Gasteiger partial charge in [0.05, 0.1) is 6.20 Å². The first-order valence-corrected chi connectivity index (χ1v) is 6.16. The third kappa shape index (κ3) is 4.17. The van der Waals surface area contributed by atoms with Crippen LogP contribution in [0.4, 0.5) is 0 Å². The zero-order valence-electron chi connectivity index (χ0n) is 10.8. The lowest BCUT2D eigenvalue weighted by Crippen LogP contribution is -2.31. The molecule has 0 unspecified atom stereocenters. The molecular formula is C13H23N3. The molecule has 3 heteroatoms. The Labute approximate surface area is 98.9 Å². The fraction of sp³-hybridized carbons (Fsp3) is 0.692. The van der Waals surface area contributed by atoms with E-state index in [9.17, 15) is 0 Å². The number of hydrogen-bond acceptors (Lipinski definition) is 2. The van der Waals surface area contributed by atoms with Crippen LogP contribution >= 0.6 is 0 Å². The molecule has 0 fully saturated rings. The molecule has 0 spiro atoms. The summed E-state index contributed by atoms with van der Waals surface area (Å²) in [6.07, 6.45) is 9.81. The normalized spacial score (nSPS) is 17.0. The van der Waals surface area contributed by atoms with Crippen molar-refractivity contribution < 1.29 is 0 Å². The van der Waals surface area contributed by atoms with Gasteiger partial charge in [-0.2, -0.15) is 0 Å². The fourth-order valence-electron chi connectivity index (χ4n) is 1.87. The molecule has 3 nitrogen and oxygen atoms in total. The van der Waals surface area contributed by atoms with Crippen molar-refractivity contribution in [2.45, 2.75) is 59.0 Å². The Morgan fingerprint density at radius 3 is 2.44 bits per heavy atom. The summed E-state index contributed by atoms with van der Waals surface area (Å²) in [5.41, 5.74) is 1.39. The molecule has 0 aliphatic heterocycles. The number of nitrogens with zero attached hydrogens (tertiary/aromatic N) is 3.